The van der Waals surface area contributed by atoms with E-state index in [1.54, 1.807) is 0 Å². The highest BCUT2D eigenvalue weighted by atomic mass is 16.5. The number of aromatic nitrogens is 3. The van der Waals surface area contributed by atoms with Gasteiger partial charge >= 0.3 is 0 Å². The number of hydrogen-bond acceptors (Lipinski definition) is 3. The number of hydrogen-bond donors (Lipinski definition) is 0. The molecule has 2 aliphatic rings. The third kappa shape index (κ3) is 3.58. The lowest BCUT2D eigenvalue weighted by Crippen LogP contribution is -2.15. The minimum atomic E-state index is -0.109. The van der Waals surface area contributed by atoms with Crippen molar-refractivity contribution in [3.05, 3.63) is 151 Å². The fourth-order valence-corrected chi connectivity index (χ4v) is 8.48. The van der Waals surface area contributed by atoms with Crippen LogP contribution in [-0.2, 0) is 5.41 Å². The van der Waals surface area contributed by atoms with E-state index < -0.39 is 0 Å². The Hall–Kier alpha value is -6.26. The molecule has 9 aromatic rings. The quantitative estimate of drug-likeness (QED) is 0.191. The van der Waals surface area contributed by atoms with Gasteiger partial charge in [-0.15, -0.1) is 0 Å². The van der Waals surface area contributed by atoms with Gasteiger partial charge in [-0.05, 0) is 63.5 Å². The normalized spacial score (nSPS) is 13.8. The van der Waals surface area contributed by atoms with Gasteiger partial charge in [0.25, 0.3) is 0 Å². The Kier molecular flexibility index (Phi) is 5.15. The molecule has 0 N–H and O–H groups in total. The van der Waals surface area contributed by atoms with Gasteiger partial charge in [-0.1, -0.05) is 117 Å². The SMILES string of the molecule is CC1(C)c2ccccc2-c2ccc(-c3nc(-n4c5ccccc5c5cc6c(cc54)Oc4cccc5cccc-6c45)nc4ccccc34)cc21. The number of benzene rings is 7. The summed E-state index contributed by atoms with van der Waals surface area (Å²) >= 11 is 0. The number of nitrogens with zero attached hydrogens (tertiary/aromatic N) is 3. The van der Waals surface area contributed by atoms with E-state index in [0.29, 0.717) is 5.95 Å². The molecule has 0 radical (unpaired) electrons. The van der Waals surface area contributed by atoms with E-state index >= 15 is 0 Å². The molecule has 11 rings (SSSR count). The molecule has 2 aromatic heterocycles. The molecule has 0 bridgehead atoms. The van der Waals surface area contributed by atoms with E-state index in [1.807, 2.05) is 0 Å². The van der Waals surface area contributed by atoms with Crippen molar-refractivity contribution in [2.75, 3.05) is 0 Å². The van der Waals surface area contributed by atoms with Gasteiger partial charge in [-0.25, -0.2) is 9.97 Å². The van der Waals surface area contributed by atoms with Gasteiger partial charge < -0.3 is 4.74 Å². The van der Waals surface area contributed by atoms with Crippen molar-refractivity contribution in [3.8, 4) is 51.0 Å². The van der Waals surface area contributed by atoms with Crippen LogP contribution in [0, 0.1) is 0 Å². The van der Waals surface area contributed by atoms with E-state index in [4.69, 9.17) is 14.7 Å². The van der Waals surface area contributed by atoms with Gasteiger partial charge in [0.05, 0.1) is 22.2 Å². The van der Waals surface area contributed by atoms with Crippen LogP contribution in [0.25, 0.3) is 82.9 Å². The van der Waals surface area contributed by atoms with E-state index in [-0.39, 0.29) is 5.41 Å². The zero-order valence-corrected chi connectivity index (χ0v) is 27.0. The molecule has 0 saturated carbocycles. The lowest BCUT2D eigenvalue weighted by atomic mass is 9.82. The van der Waals surface area contributed by atoms with Gasteiger partial charge in [0, 0.05) is 44.2 Å². The maximum Gasteiger partial charge on any atom is 0.235 e. The smallest absolute Gasteiger partial charge is 0.235 e. The Morgan fingerprint density at radius 2 is 1.29 bits per heavy atom. The molecular weight excluding hydrogens is 599 g/mol. The first-order valence-corrected chi connectivity index (χ1v) is 16.8. The van der Waals surface area contributed by atoms with Crippen LogP contribution in [0.4, 0.5) is 0 Å². The lowest BCUT2D eigenvalue weighted by Gasteiger charge is -2.22. The molecule has 0 spiro atoms. The fourth-order valence-electron chi connectivity index (χ4n) is 8.48. The largest absolute Gasteiger partial charge is 0.456 e. The van der Waals surface area contributed by atoms with Crippen molar-refractivity contribution in [1.82, 2.24) is 14.5 Å². The zero-order valence-electron chi connectivity index (χ0n) is 27.0. The Labute approximate surface area is 282 Å². The molecule has 0 unspecified atom stereocenters. The van der Waals surface area contributed by atoms with Crippen LogP contribution >= 0.6 is 0 Å². The summed E-state index contributed by atoms with van der Waals surface area (Å²) in [6.07, 6.45) is 0. The monoisotopic (exact) mass is 627 g/mol. The van der Waals surface area contributed by atoms with Crippen LogP contribution in [0.3, 0.4) is 0 Å². The average Bonchev–Trinajstić information content (AvgIpc) is 3.58. The zero-order chi connectivity index (χ0) is 32.4. The molecule has 3 heterocycles. The minimum Gasteiger partial charge on any atom is -0.456 e. The molecule has 0 fully saturated rings. The standard InChI is InChI=1S/C45H29N3O/c1-45(2)35-17-6-3-13-28(35)29-22-21-27(23-36(29)45)43-32-15-4-7-18-37(32)46-44(47-43)48-38-19-8-5-14-30(38)33-24-34-31-16-9-11-26-12-10-20-40(42(26)31)49-41(34)25-39(33)48/h3-25H,1-2H3. The van der Waals surface area contributed by atoms with E-state index in [2.05, 4.69) is 158 Å². The Morgan fingerprint density at radius 1 is 0.531 bits per heavy atom. The first-order valence-electron chi connectivity index (χ1n) is 16.8. The van der Waals surface area contributed by atoms with Crippen LogP contribution in [-0.4, -0.2) is 14.5 Å². The molecule has 1 aliphatic heterocycles. The van der Waals surface area contributed by atoms with Crippen LogP contribution in [0.15, 0.2) is 140 Å². The van der Waals surface area contributed by atoms with Crippen molar-refractivity contribution in [2.24, 2.45) is 0 Å². The average molecular weight is 628 g/mol. The van der Waals surface area contributed by atoms with Gasteiger partial charge in [-0.3, -0.25) is 4.57 Å². The molecule has 4 heteroatoms. The van der Waals surface area contributed by atoms with Gasteiger partial charge in [-0.2, -0.15) is 0 Å². The predicted molar refractivity (Wildman–Crippen MR) is 200 cm³/mol. The topological polar surface area (TPSA) is 39.9 Å². The molecule has 1 aliphatic carbocycles. The van der Waals surface area contributed by atoms with Crippen molar-refractivity contribution in [2.45, 2.75) is 19.3 Å². The van der Waals surface area contributed by atoms with E-state index in [1.165, 1.54) is 33.2 Å². The summed E-state index contributed by atoms with van der Waals surface area (Å²) in [6, 6.07) is 49.8. The lowest BCUT2D eigenvalue weighted by molar-refractivity contribution is 0.487. The van der Waals surface area contributed by atoms with E-state index in [0.717, 1.165) is 66.4 Å². The van der Waals surface area contributed by atoms with Gasteiger partial charge in [0.1, 0.15) is 11.5 Å². The second-order valence-electron chi connectivity index (χ2n) is 13.8. The van der Waals surface area contributed by atoms with Gasteiger partial charge in [0.2, 0.25) is 5.95 Å². The summed E-state index contributed by atoms with van der Waals surface area (Å²) in [4.78, 5) is 10.7. The third-order valence-corrected chi connectivity index (χ3v) is 10.8. The molecule has 49 heavy (non-hydrogen) atoms. The molecule has 0 saturated heterocycles. The Morgan fingerprint density at radius 3 is 2.20 bits per heavy atom. The first kappa shape index (κ1) is 26.8. The Bertz CT molecular complexity index is 2890. The van der Waals surface area contributed by atoms with E-state index in [9.17, 15) is 0 Å². The maximum absolute atomic E-state index is 6.64. The molecule has 230 valence electrons. The van der Waals surface area contributed by atoms with Gasteiger partial charge in [0.15, 0.2) is 0 Å². The Balaban J connectivity index is 1.17. The number of rotatable bonds is 2. The van der Waals surface area contributed by atoms with Crippen molar-refractivity contribution >= 4 is 43.5 Å². The number of fused-ring (bicyclic) bond motifs is 9. The predicted octanol–water partition coefficient (Wildman–Crippen LogP) is 11.6. The van der Waals surface area contributed by atoms with Crippen molar-refractivity contribution < 1.29 is 4.74 Å². The second-order valence-corrected chi connectivity index (χ2v) is 13.8. The van der Waals surface area contributed by atoms with Crippen LogP contribution < -0.4 is 4.74 Å². The second kappa shape index (κ2) is 9.42. The summed E-state index contributed by atoms with van der Waals surface area (Å²) < 4.78 is 8.85. The fraction of sp³-hybridized carbons (Fsp3) is 0.0667. The number of para-hydroxylation sites is 2. The summed E-state index contributed by atoms with van der Waals surface area (Å²) in [6.45, 7) is 4.65. The third-order valence-electron chi connectivity index (χ3n) is 10.8. The molecule has 7 aromatic carbocycles. The summed E-state index contributed by atoms with van der Waals surface area (Å²) in [5.41, 5.74) is 12.5. The van der Waals surface area contributed by atoms with Crippen molar-refractivity contribution in [1.29, 1.82) is 0 Å². The van der Waals surface area contributed by atoms with Crippen LogP contribution in [0.1, 0.15) is 25.0 Å². The summed E-state index contributed by atoms with van der Waals surface area (Å²) in [5.74, 6) is 2.36. The minimum absolute atomic E-state index is 0.109. The molecular formula is C45H29N3O. The number of ether oxygens (including phenoxy) is 1. The highest BCUT2D eigenvalue weighted by Gasteiger charge is 2.35. The highest BCUT2D eigenvalue weighted by Crippen LogP contribution is 2.51. The summed E-state index contributed by atoms with van der Waals surface area (Å²) in [7, 11) is 0. The molecule has 0 amide bonds. The van der Waals surface area contributed by atoms with Crippen LogP contribution in [0.2, 0.25) is 0 Å². The summed E-state index contributed by atoms with van der Waals surface area (Å²) in [5, 5.41) is 5.67. The van der Waals surface area contributed by atoms with Crippen molar-refractivity contribution in [3.63, 3.8) is 0 Å². The molecule has 4 nitrogen and oxygen atoms in total. The van der Waals surface area contributed by atoms with Crippen LogP contribution in [0.5, 0.6) is 11.5 Å². The first-order chi connectivity index (χ1) is 24.0. The maximum atomic E-state index is 6.64. The molecule has 0 atom stereocenters. The highest BCUT2D eigenvalue weighted by molar-refractivity contribution is 6.13.